The second-order valence-electron chi connectivity index (χ2n) is 3.95. The zero-order valence-corrected chi connectivity index (χ0v) is 10.3. The second kappa shape index (κ2) is 5.91. The number of amides is 1. The Labute approximate surface area is 113 Å². The molecule has 0 aliphatic carbocycles. The van der Waals surface area contributed by atoms with Gasteiger partial charge in [0.15, 0.2) is 0 Å². The highest BCUT2D eigenvalue weighted by Gasteiger charge is 2.17. The van der Waals surface area contributed by atoms with Crippen LogP contribution in [0.15, 0.2) is 36.7 Å². The first-order chi connectivity index (χ1) is 9.58. The van der Waals surface area contributed by atoms with Crippen LogP contribution in [0, 0.1) is 15.9 Å². The minimum atomic E-state index is -0.969. The molecule has 1 heterocycles. The summed E-state index contributed by atoms with van der Waals surface area (Å²) >= 11 is 0. The largest absolute Gasteiger partial charge is 0.350 e. The maximum atomic E-state index is 13.1. The van der Waals surface area contributed by atoms with Crippen LogP contribution in [-0.2, 0) is 6.54 Å². The predicted octanol–water partition coefficient (Wildman–Crippen LogP) is 1.36. The fraction of sp³-hybridized carbons (Fsp3) is 0.167. The maximum Gasteiger partial charge on any atom is 0.305 e. The Hall–Kier alpha value is -2.77. The lowest BCUT2D eigenvalue weighted by atomic mass is 10.2. The van der Waals surface area contributed by atoms with E-state index in [-0.39, 0.29) is 5.56 Å². The van der Waals surface area contributed by atoms with Gasteiger partial charge in [-0.2, -0.15) is 9.49 Å². The molecule has 2 rings (SSSR count). The number of rotatable bonds is 5. The molecular weight excluding hydrogens is 267 g/mol. The van der Waals surface area contributed by atoms with E-state index in [0.29, 0.717) is 13.1 Å². The van der Waals surface area contributed by atoms with Gasteiger partial charge in [-0.25, -0.2) is 0 Å². The number of nitrogens with one attached hydrogen (secondary N) is 1. The summed E-state index contributed by atoms with van der Waals surface area (Å²) in [5.41, 5.74) is -0.678. The van der Waals surface area contributed by atoms with Crippen molar-refractivity contribution in [2.24, 2.45) is 0 Å². The number of nitrogens with zero attached hydrogens (tertiary/aromatic N) is 3. The SMILES string of the molecule is O=C(NCCn1cccn1)c1ccc(F)c([N+](=O)[O-])c1. The molecule has 0 bridgehead atoms. The van der Waals surface area contributed by atoms with Gasteiger partial charge in [0.05, 0.1) is 11.5 Å². The molecule has 0 saturated heterocycles. The van der Waals surface area contributed by atoms with Crippen LogP contribution in [0.5, 0.6) is 0 Å². The molecule has 1 aromatic carbocycles. The van der Waals surface area contributed by atoms with Crippen molar-refractivity contribution in [3.63, 3.8) is 0 Å². The van der Waals surface area contributed by atoms with Crippen LogP contribution in [0.2, 0.25) is 0 Å². The van der Waals surface area contributed by atoms with Gasteiger partial charge in [0, 0.05) is 30.6 Å². The van der Waals surface area contributed by atoms with Crippen LogP contribution in [0.4, 0.5) is 10.1 Å². The summed E-state index contributed by atoms with van der Waals surface area (Å²) in [6, 6.07) is 4.77. The zero-order valence-electron chi connectivity index (χ0n) is 10.3. The van der Waals surface area contributed by atoms with Gasteiger partial charge in [-0.05, 0) is 18.2 Å². The number of aromatic nitrogens is 2. The fourth-order valence-corrected chi connectivity index (χ4v) is 1.61. The first-order valence-electron chi connectivity index (χ1n) is 5.77. The Morgan fingerprint density at radius 2 is 2.30 bits per heavy atom. The van der Waals surface area contributed by atoms with Crippen molar-refractivity contribution in [2.75, 3.05) is 6.54 Å². The van der Waals surface area contributed by atoms with Crippen molar-refractivity contribution in [1.82, 2.24) is 15.1 Å². The van der Waals surface area contributed by atoms with Gasteiger partial charge in [0.1, 0.15) is 0 Å². The van der Waals surface area contributed by atoms with Crippen molar-refractivity contribution in [3.8, 4) is 0 Å². The number of carbonyl (C=O) groups is 1. The number of hydrogen-bond donors (Lipinski definition) is 1. The number of halogens is 1. The highest BCUT2D eigenvalue weighted by atomic mass is 19.1. The van der Waals surface area contributed by atoms with E-state index in [1.807, 2.05) is 0 Å². The van der Waals surface area contributed by atoms with Crippen LogP contribution < -0.4 is 5.32 Å². The molecule has 0 atom stereocenters. The molecule has 7 nitrogen and oxygen atoms in total. The Balaban J connectivity index is 1.98. The molecule has 0 spiro atoms. The quantitative estimate of drug-likeness (QED) is 0.660. The van der Waals surface area contributed by atoms with Gasteiger partial charge in [-0.15, -0.1) is 0 Å². The summed E-state index contributed by atoms with van der Waals surface area (Å²) in [6.07, 6.45) is 3.36. The average molecular weight is 278 g/mol. The van der Waals surface area contributed by atoms with Gasteiger partial charge in [0.2, 0.25) is 5.82 Å². The van der Waals surface area contributed by atoms with Gasteiger partial charge >= 0.3 is 5.69 Å². The zero-order chi connectivity index (χ0) is 14.5. The number of nitro groups is 1. The van der Waals surface area contributed by atoms with Crippen LogP contribution in [0.3, 0.4) is 0 Å². The minimum absolute atomic E-state index is 0.0403. The molecule has 104 valence electrons. The standard InChI is InChI=1S/C12H11FN4O3/c13-10-3-2-9(8-11(10)17(19)20)12(18)14-5-7-16-6-1-4-15-16/h1-4,6,8H,5,7H2,(H,14,18). The topological polar surface area (TPSA) is 90.1 Å². The first kappa shape index (κ1) is 13.7. The van der Waals surface area contributed by atoms with Crippen LogP contribution in [-0.4, -0.2) is 27.2 Å². The third-order valence-corrected chi connectivity index (χ3v) is 2.59. The van der Waals surface area contributed by atoms with Crippen molar-refractivity contribution < 1.29 is 14.1 Å². The van der Waals surface area contributed by atoms with Crippen molar-refractivity contribution in [1.29, 1.82) is 0 Å². The molecular formula is C12H11FN4O3. The van der Waals surface area contributed by atoms with E-state index in [1.165, 1.54) is 6.07 Å². The number of nitro benzene ring substituents is 1. The van der Waals surface area contributed by atoms with Gasteiger partial charge in [-0.3, -0.25) is 19.6 Å². The van der Waals surface area contributed by atoms with Gasteiger partial charge < -0.3 is 5.32 Å². The molecule has 0 unspecified atom stereocenters. The first-order valence-corrected chi connectivity index (χ1v) is 5.77. The molecule has 8 heteroatoms. The smallest absolute Gasteiger partial charge is 0.305 e. The lowest BCUT2D eigenvalue weighted by molar-refractivity contribution is -0.387. The summed E-state index contributed by atoms with van der Waals surface area (Å²) in [7, 11) is 0. The summed E-state index contributed by atoms with van der Waals surface area (Å²) in [4.78, 5) is 21.5. The van der Waals surface area contributed by atoms with E-state index in [4.69, 9.17) is 0 Å². The van der Waals surface area contributed by atoms with Gasteiger partial charge in [-0.1, -0.05) is 0 Å². The van der Waals surface area contributed by atoms with Crippen molar-refractivity contribution in [3.05, 3.63) is 58.2 Å². The van der Waals surface area contributed by atoms with Crippen LogP contribution >= 0.6 is 0 Å². The molecule has 1 N–H and O–H groups in total. The van der Waals surface area contributed by atoms with E-state index < -0.39 is 22.3 Å². The Morgan fingerprint density at radius 1 is 1.50 bits per heavy atom. The molecule has 2 aromatic rings. The van der Waals surface area contributed by atoms with Gasteiger partial charge in [0.25, 0.3) is 5.91 Å². The Bertz CT molecular complexity index is 628. The average Bonchev–Trinajstić information content (AvgIpc) is 2.92. The summed E-state index contributed by atoms with van der Waals surface area (Å²) in [6.45, 7) is 0.785. The highest BCUT2D eigenvalue weighted by Crippen LogP contribution is 2.18. The minimum Gasteiger partial charge on any atom is -0.350 e. The lowest BCUT2D eigenvalue weighted by Crippen LogP contribution is -2.27. The molecule has 1 amide bonds. The van der Waals surface area contributed by atoms with E-state index in [1.54, 1.807) is 23.1 Å². The summed E-state index contributed by atoms with van der Waals surface area (Å²) < 4.78 is 14.8. The number of carbonyl (C=O) groups excluding carboxylic acids is 1. The summed E-state index contributed by atoms with van der Waals surface area (Å²) in [5, 5.41) is 17.1. The molecule has 0 fully saturated rings. The Morgan fingerprint density at radius 3 is 2.95 bits per heavy atom. The third-order valence-electron chi connectivity index (χ3n) is 2.59. The molecule has 0 saturated carbocycles. The number of benzene rings is 1. The monoisotopic (exact) mass is 278 g/mol. The normalized spacial score (nSPS) is 10.2. The van der Waals surface area contributed by atoms with Crippen molar-refractivity contribution >= 4 is 11.6 Å². The predicted molar refractivity (Wildman–Crippen MR) is 67.6 cm³/mol. The molecule has 1 aromatic heterocycles. The molecule has 0 aliphatic rings. The Kier molecular flexibility index (Phi) is 4.04. The third kappa shape index (κ3) is 3.16. The highest BCUT2D eigenvalue weighted by molar-refractivity contribution is 5.94. The molecule has 0 radical (unpaired) electrons. The van der Waals surface area contributed by atoms with E-state index in [0.717, 1.165) is 12.1 Å². The van der Waals surface area contributed by atoms with Crippen LogP contribution in [0.1, 0.15) is 10.4 Å². The van der Waals surface area contributed by atoms with E-state index in [2.05, 4.69) is 10.4 Å². The van der Waals surface area contributed by atoms with Crippen molar-refractivity contribution in [2.45, 2.75) is 6.54 Å². The number of hydrogen-bond acceptors (Lipinski definition) is 4. The lowest BCUT2D eigenvalue weighted by Gasteiger charge is -2.05. The summed E-state index contributed by atoms with van der Waals surface area (Å²) in [5.74, 6) is -1.47. The fourth-order valence-electron chi connectivity index (χ4n) is 1.61. The molecule has 20 heavy (non-hydrogen) atoms. The van der Waals surface area contributed by atoms with Crippen LogP contribution in [0.25, 0.3) is 0 Å². The van der Waals surface area contributed by atoms with E-state index in [9.17, 15) is 19.3 Å². The maximum absolute atomic E-state index is 13.1. The van der Waals surface area contributed by atoms with E-state index >= 15 is 0 Å². The second-order valence-corrected chi connectivity index (χ2v) is 3.95. The molecule has 0 aliphatic heterocycles.